The fourth-order valence-electron chi connectivity index (χ4n) is 1.19. The summed E-state index contributed by atoms with van der Waals surface area (Å²) in [5.74, 6) is -1.23. The third kappa shape index (κ3) is 2.45. The number of hydrogen-bond acceptors (Lipinski definition) is 2. The van der Waals surface area contributed by atoms with E-state index in [0.29, 0.717) is 0 Å². The number of benzene rings is 1. The van der Waals surface area contributed by atoms with Gasteiger partial charge in [0, 0.05) is 13.1 Å². The van der Waals surface area contributed by atoms with Crippen molar-refractivity contribution in [3.63, 3.8) is 0 Å². The van der Waals surface area contributed by atoms with E-state index < -0.39 is 17.2 Å². The lowest BCUT2D eigenvalue weighted by Crippen LogP contribution is -2.44. The summed E-state index contributed by atoms with van der Waals surface area (Å²) in [4.78, 5) is 1.59. The molecule has 4 heteroatoms. The van der Waals surface area contributed by atoms with Crippen LogP contribution < -0.4 is 4.90 Å². The van der Waals surface area contributed by atoms with Crippen LogP contribution in [0.2, 0.25) is 0 Å². The minimum atomic E-state index is -0.626. The van der Waals surface area contributed by atoms with Crippen molar-refractivity contribution in [3.05, 3.63) is 29.8 Å². The van der Waals surface area contributed by atoms with Gasteiger partial charge in [0.05, 0.1) is 17.8 Å². The maximum atomic E-state index is 13.4. The highest BCUT2D eigenvalue weighted by Gasteiger charge is 2.24. The van der Waals surface area contributed by atoms with Crippen molar-refractivity contribution in [2.45, 2.75) is 19.4 Å². The smallest absolute Gasteiger partial charge is 0.149 e. The van der Waals surface area contributed by atoms with Gasteiger partial charge in [-0.1, -0.05) is 0 Å². The molecule has 0 atom stereocenters. The molecule has 0 fully saturated rings. The molecule has 0 saturated heterocycles. The number of anilines is 1. The van der Waals surface area contributed by atoms with E-state index in [1.165, 1.54) is 12.1 Å². The zero-order chi connectivity index (χ0) is 11.6. The fraction of sp³-hybridized carbons (Fsp3) is 0.455. The third-order valence-corrected chi connectivity index (χ3v) is 2.57. The number of aliphatic hydroxyl groups is 1. The second-order valence-electron chi connectivity index (χ2n) is 4.13. The van der Waals surface area contributed by atoms with Gasteiger partial charge < -0.3 is 10.0 Å². The van der Waals surface area contributed by atoms with Gasteiger partial charge in [-0.3, -0.25) is 0 Å². The third-order valence-electron chi connectivity index (χ3n) is 2.57. The summed E-state index contributed by atoms with van der Waals surface area (Å²) in [5, 5.41) is 9.13. The molecular weight excluding hydrogens is 200 g/mol. The molecule has 1 aromatic carbocycles. The van der Waals surface area contributed by atoms with E-state index in [-0.39, 0.29) is 12.3 Å². The van der Waals surface area contributed by atoms with Crippen molar-refractivity contribution in [3.8, 4) is 0 Å². The van der Waals surface area contributed by atoms with E-state index >= 15 is 0 Å². The van der Waals surface area contributed by atoms with E-state index in [4.69, 9.17) is 5.11 Å². The Morgan fingerprint density at radius 3 is 2.40 bits per heavy atom. The Kier molecular flexibility index (Phi) is 3.29. The van der Waals surface area contributed by atoms with Crippen LogP contribution in [0.4, 0.5) is 14.5 Å². The number of nitrogens with zero attached hydrogens (tertiary/aromatic N) is 1. The minimum Gasteiger partial charge on any atom is -0.394 e. The second kappa shape index (κ2) is 4.14. The predicted molar refractivity (Wildman–Crippen MR) is 55.9 cm³/mol. The van der Waals surface area contributed by atoms with Gasteiger partial charge in [0.2, 0.25) is 0 Å². The van der Waals surface area contributed by atoms with Crippen molar-refractivity contribution >= 4 is 5.69 Å². The largest absolute Gasteiger partial charge is 0.394 e. The standard InChI is InChI=1S/C11H15F2NO/c1-11(2,7-15)14(3)10-5-4-8(12)6-9(10)13/h4-6,15H,7H2,1-3H3. The fourth-order valence-corrected chi connectivity index (χ4v) is 1.19. The SMILES string of the molecule is CN(c1ccc(F)cc1F)C(C)(C)CO. The monoisotopic (exact) mass is 215 g/mol. The van der Waals surface area contributed by atoms with Gasteiger partial charge >= 0.3 is 0 Å². The van der Waals surface area contributed by atoms with E-state index in [0.717, 1.165) is 6.07 Å². The summed E-state index contributed by atoms with van der Waals surface area (Å²) in [5.41, 5.74) is -0.311. The highest BCUT2D eigenvalue weighted by molar-refractivity contribution is 5.49. The summed E-state index contributed by atoms with van der Waals surface area (Å²) in [6.07, 6.45) is 0. The lowest BCUT2D eigenvalue weighted by Gasteiger charge is -2.36. The van der Waals surface area contributed by atoms with Crippen LogP contribution in [0, 0.1) is 11.6 Å². The Morgan fingerprint density at radius 2 is 1.93 bits per heavy atom. The highest BCUT2D eigenvalue weighted by atomic mass is 19.1. The molecule has 0 saturated carbocycles. The van der Waals surface area contributed by atoms with Gasteiger partial charge in [-0.2, -0.15) is 0 Å². The van der Waals surface area contributed by atoms with E-state index in [9.17, 15) is 8.78 Å². The quantitative estimate of drug-likeness (QED) is 0.835. The van der Waals surface area contributed by atoms with Gasteiger partial charge in [0.25, 0.3) is 0 Å². The predicted octanol–water partition coefficient (Wildman–Crippen LogP) is 2.17. The Balaban J connectivity index is 3.06. The highest BCUT2D eigenvalue weighted by Crippen LogP contribution is 2.25. The number of aliphatic hydroxyl groups excluding tert-OH is 1. The lowest BCUT2D eigenvalue weighted by molar-refractivity contribution is 0.215. The summed E-state index contributed by atoms with van der Waals surface area (Å²) < 4.78 is 26.1. The first-order valence-electron chi connectivity index (χ1n) is 4.68. The van der Waals surface area contributed by atoms with Crippen molar-refractivity contribution < 1.29 is 13.9 Å². The maximum Gasteiger partial charge on any atom is 0.149 e. The first-order valence-corrected chi connectivity index (χ1v) is 4.68. The van der Waals surface area contributed by atoms with Crippen molar-refractivity contribution in [2.75, 3.05) is 18.6 Å². The van der Waals surface area contributed by atoms with Gasteiger partial charge in [-0.15, -0.1) is 0 Å². The molecule has 1 rings (SSSR count). The molecule has 0 aliphatic carbocycles. The zero-order valence-electron chi connectivity index (χ0n) is 9.09. The number of hydrogen-bond donors (Lipinski definition) is 1. The molecule has 15 heavy (non-hydrogen) atoms. The lowest BCUT2D eigenvalue weighted by atomic mass is 10.0. The van der Waals surface area contributed by atoms with Crippen LogP contribution in [0.3, 0.4) is 0 Å². The molecule has 0 unspecified atom stereocenters. The Hall–Kier alpha value is -1.16. The average Bonchev–Trinajstić information content (AvgIpc) is 2.17. The van der Waals surface area contributed by atoms with Gasteiger partial charge in [-0.25, -0.2) is 8.78 Å². The van der Waals surface area contributed by atoms with Crippen LogP contribution in [-0.4, -0.2) is 24.3 Å². The molecule has 0 radical (unpaired) electrons. The molecule has 0 aliphatic heterocycles. The molecule has 0 aliphatic rings. The molecule has 0 bridgehead atoms. The van der Waals surface area contributed by atoms with Gasteiger partial charge in [-0.05, 0) is 26.0 Å². The van der Waals surface area contributed by atoms with Crippen LogP contribution in [-0.2, 0) is 0 Å². The van der Waals surface area contributed by atoms with Crippen LogP contribution in [0.25, 0.3) is 0 Å². The molecule has 0 heterocycles. The topological polar surface area (TPSA) is 23.5 Å². The number of halogens is 2. The first-order chi connectivity index (χ1) is 6.88. The van der Waals surface area contributed by atoms with Crippen molar-refractivity contribution in [1.82, 2.24) is 0 Å². The molecule has 1 N–H and O–H groups in total. The molecule has 2 nitrogen and oxygen atoms in total. The molecule has 84 valence electrons. The first kappa shape index (κ1) is 11.9. The zero-order valence-corrected chi connectivity index (χ0v) is 9.09. The molecule has 0 spiro atoms. The number of likely N-dealkylation sites (N-methyl/N-ethyl adjacent to an activating group) is 1. The Labute approximate surface area is 88.1 Å². The van der Waals surface area contributed by atoms with Crippen molar-refractivity contribution in [1.29, 1.82) is 0 Å². The summed E-state index contributed by atoms with van der Waals surface area (Å²) in [6, 6.07) is 3.39. The molecule has 0 aromatic heterocycles. The van der Waals surface area contributed by atoms with Crippen LogP contribution in [0.1, 0.15) is 13.8 Å². The molecule has 1 aromatic rings. The van der Waals surface area contributed by atoms with Crippen LogP contribution in [0.15, 0.2) is 18.2 Å². The normalized spacial score (nSPS) is 11.6. The van der Waals surface area contributed by atoms with Gasteiger partial charge in [0.1, 0.15) is 11.6 Å². The summed E-state index contributed by atoms with van der Waals surface area (Å²) in [7, 11) is 1.66. The molecular formula is C11H15F2NO. The Morgan fingerprint density at radius 1 is 1.33 bits per heavy atom. The van der Waals surface area contributed by atoms with Crippen LogP contribution >= 0.6 is 0 Å². The van der Waals surface area contributed by atoms with E-state index in [1.54, 1.807) is 25.8 Å². The van der Waals surface area contributed by atoms with Crippen LogP contribution in [0.5, 0.6) is 0 Å². The summed E-state index contributed by atoms with van der Waals surface area (Å²) in [6.45, 7) is 3.44. The van der Waals surface area contributed by atoms with Crippen molar-refractivity contribution in [2.24, 2.45) is 0 Å². The maximum absolute atomic E-state index is 13.4. The average molecular weight is 215 g/mol. The van der Waals surface area contributed by atoms with Gasteiger partial charge in [0.15, 0.2) is 0 Å². The van der Waals surface area contributed by atoms with E-state index in [2.05, 4.69) is 0 Å². The minimum absolute atomic E-state index is 0.111. The number of rotatable bonds is 3. The second-order valence-corrected chi connectivity index (χ2v) is 4.13. The Bertz CT molecular complexity index is 352. The summed E-state index contributed by atoms with van der Waals surface area (Å²) >= 11 is 0. The molecule has 0 amide bonds. The van der Waals surface area contributed by atoms with E-state index in [1.807, 2.05) is 0 Å².